The number of H-pyrrole nitrogens is 1. The molecule has 0 bridgehead atoms. The zero-order chi connectivity index (χ0) is 21.3. The van der Waals surface area contributed by atoms with Gasteiger partial charge in [-0.2, -0.15) is 0 Å². The molecule has 2 aromatic heterocycles. The van der Waals surface area contributed by atoms with Crippen molar-refractivity contribution in [2.24, 2.45) is 0 Å². The number of pyridine rings is 1. The van der Waals surface area contributed by atoms with Crippen molar-refractivity contribution in [1.29, 1.82) is 0 Å². The van der Waals surface area contributed by atoms with Gasteiger partial charge in [0.1, 0.15) is 23.5 Å². The zero-order valence-electron chi connectivity index (χ0n) is 18.2. The number of hydrogen-bond donors (Lipinski definition) is 1. The van der Waals surface area contributed by atoms with Crippen LogP contribution in [-0.2, 0) is 9.53 Å². The van der Waals surface area contributed by atoms with E-state index in [1.54, 1.807) is 7.05 Å². The smallest absolute Gasteiger partial charge is 0.410 e. The van der Waals surface area contributed by atoms with Gasteiger partial charge < -0.3 is 19.5 Å². The molecule has 1 fully saturated rings. The summed E-state index contributed by atoms with van der Waals surface area (Å²) in [5, 5.41) is 0. The second-order valence-electron chi connectivity index (χ2n) is 8.84. The van der Waals surface area contributed by atoms with E-state index in [4.69, 9.17) is 4.74 Å². The summed E-state index contributed by atoms with van der Waals surface area (Å²) in [5.41, 5.74) is 3.50. The van der Waals surface area contributed by atoms with E-state index in [0.717, 1.165) is 35.4 Å². The van der Waals surface area contributed by atoms with Crippen LogP contribution in [0.15, 0.2) is 6.20 Å². The summed E-state index contributed by atoms with van der Waals surface area (Å²) in [6, 6.07) is 0. The normalized spacial score (nSPS) is 15.6. The largest absolute Gasteiger partial charge is 0.444 e. The molecule has 1 N–H and O–H groups in total. The third-order valence-corrected chi connectivity index (χ3v) is 5.22. The maximum Gasteiger partial charge on any atom is 0.410 e. The summed E-state index contributed by atoms with van der Waals surface area (Å²) in [6.45, 7) is 10.7. The van der Waals surface area contributed by atoms with E-state index in [9.17, 15) is 9.59 Å². The van der Waals surface area contributed by atoms with Gasteiger partial charge in [0.25, 0.3) is 0 Å². The number of fused-ring (bicyclic) bond motifs is 1. The number of likely N-dealkylation sites (N-methyl/N-ethyl adjacent to an activating group) is 1. The molecular formula is C21H31N5O3. The molecule has 0 spiro atoms. The summed E-state index contributed by atoms with van der Waals surface area (Å²) in [7, 11) is 1.59. The minimum atomic E-state index is -0.578. The Morgan fingerprint density at radius 1 is 1.28 bits per heavy atom. The Labute approximate surface area is 171 Å². The Balaban J connectivity index is 1.60. The highest BCUT2D eigenvalue weighted by Gasteiger charge is 2.28. The summed E-state index contributed by atoms with van der Waals surface area (Å²) < 4.78 is 5.32. The van der Waals surface area contributed by atoms with Crippen LogP contribution in [0.4, 0.5) is 4.79 Å². The van der Waals surface area contributed by atoms with E-state index in [0.29, 0.717) is 19.0 Å². The van der Waals surface area contributed by atoms with Crippen LogP contribution in [0, 0.1) is 13.8 Å². The minimum absolute atomic E-state index is 0.0235. The molecule has 1 saturated heterocycles. The molecule has 29 heavy (non-hydrogen) atoms. The van der Waals surface area contributed by atoms with Gasteiger partial charge in [0.05, 0.1) is 11.2 Å². The molecule has 8 heteroatoms. The predicted octanol–water partition coefficient (Wildman–Crippen LogP) is 3.15. The molecule has 158 valence electrons. The summed E-state index contributed by atoms with van der Waals surface area (Å²) in [6.07, 6.45) is 3.18. The van der Waals surface area contributed by atoms with Crippen molar-refractivity contribution in [3.63, 3.8) is 0 Å². The van der Waals surface area contributed by atoms with Crippen molar-refractivity contribution >= 4 is 23.0 Å². The molecule has 3 rings (SSSR count). The lowest BCUT2D eigenvalue weighted by molar-refractivity contribution is -0.133. The number of carbonyl (C=O) groups is 2. The lowest BCUT2D eigenvalue weighted by Crippen LogP contribution is -2.45. The number of rotatable bonds is 3. The van der Waals surface area contributed by atoms with Crippen LogP contribution in [0.3, 0.4) is 0 Å². The number of aromatic nitrogens is 3. The molecule has 0 saturated carbocycles. The number of likely N-dealkylation sites (tertiary alicyclic amines) is 1. The van der Waals surface area contributed by atoms with E-state index in [1.807, 2.05) is 45.7 Å². The van der Waals surface area contributed by atoms with Crippen molar-refractivity contribution in [3.05, 3.63) is 23.3 Å². The molecule has 8 nitrogen and oxygen atoms in total. The van der Waals surface area contributed by atoms with Crippen LogP contribution < -0.4 is 0 Å². The maximum absolute atomic E-state index is 12.6. The van der Waals surface area contributed by atoms with Crippen LogP contribution in [0.2, 0.25) is 0 Å². The first-order chi connectivity index (χ1) is 13.5. The van der Waals surface area contributed by atoms with Gasteiger partial charge in [-0.15, -0.1) is 0 Å². The Morgan fingerprint density at radius 2 is 1.93 bits per heavy atom. The number of nitrogens with zero attached hydrogens (tertiary/aromatic N) is 4. The van der Waals surface area contributed by atoms with E-state index >= 15 is 0 Å². The fourth-order valence-electron chi connectivity index (χ4n) is 3.71. The standard InChI is InChI=1S/C21H31N5O3/c1-13-18-19(24-14(2)23-18)16(11-22-13)15-7-9-26(10-8-15)17(27)12-25(6)20(28)29-21(3,4)5/h11,15H,7-10,12H2,1-6H3,(H,23,24). The van der Waals surface area contributed by atoms with Crippen molar-refractivity contribution < 1.29 is 14.3 Å². The average Bonchev–Trinajstić information content (AvgIpc) is 3.03. The van der Waals surface area contributed by atoms with Crippen LogP contribution >= 0.6 is 0 Å². The summed E-state index contributed by atoms with van der Waals surface area (Å²) >= 11 is 0. The Kier molecular flexibility index (Phi) is 5.82. The van der Waals surface area contributed by atoms with Gasteiger partial charge in [-0.1, -0.05) is 0 Å². The van der Waals surface area contributed by atoms with Crippen LogP contribution in [-0.4, -0.2) is 69.0 Å². The zero-order valence-corrected chi connectivity index (χ0v) is 18.2. The first-order valence-electron chi connectivity index (χ1n) is 10.1. The molecule has 1 aliphatic heterocycles. The molecule has 0 unspecified atom stereocenters. The molecule has 2 aromatic rings. The average molecular weight is 402 g/mol. The van der Waals surface area contributed by atoms with Gasteiger partial charge in [-0.25, -0.2) is 9.78 Å². The van der Waals surface area contributed by atoms with Gasteiger partial charge >= 0.3 is 6.09 Å². The van der Waals surface area contributed by atoms with Gasteiger partial charge in [0, 0.05) is 26.3 Å². The summed E-state index contributed by atoms with van der Waals surface area (Å²) in [5.74, 6) is 1.16. The molecule has 0 radical (unpaired) electrons. The maximum atomic E-state index is 12.6. The third kappa shape index (κ3) is 4.86. The molecule has 0 aliphatic carbocycles. The second-order valence-corrected chi connectivity index (χ2v) is 8.84. The number of hydrogen-bond acceptors (Lipinski definition) is 5. The van der Waals surface area contributed by atoms with Crippen molar-refractivity contribution in [3.8, 4) is 0 Å². The highest BCUT2D eigenvalue weighted by molar-refractivity contribution is 5.83. The van der Waals surface area contributed by atoms with Crippen molar-refractivity contribution in [2.45, 2.75) is 59.0 Å². The van der Waals surface area contributed by atoms with Gasteiger partial charge in [0.15, 0.2) is 0 Å². The molecule has 3 heterocycles. The van der Waals surface area contributed by atoms with Gasteiger partial charge in [0.2, 0.25) is 5.91 Å². The highest BCUT2D eigenvalue weighted by atomic mass is 16.6. The minimum Gasteiger partial charge on any atom is -0.444 e. The van der Waals surface area contributed by atoms with E-state index < -0.39 is 11.7 Å². The molecule has 1 aliphatic rings. The highest BCUT2D eigenvalue weighted by Crippen LogP contribution is 2.32. The SMILES string of the molecule is Cc1nc2c(C)ncc(C3CCN(C(=O)CN(C)C(=O)OC(C)(C)C)CC3)c2[nH]1. The van der Waals surface area contributed by atoms with Crippen molar-refractivity contribution in [2.75, 3.05) is 26.7 Å². The Bertz CT molecular complexity index is 907. The first-order valence-corrected chi connectivity index (χ1v) is 10.1. The summed E-state index contributed by atoms with van der Waals surface area (Å²) in [4.78, 5) is 40.3. The molecule has 0 atom stereocenters. The number of piperidine rings is 1. The van der Waals surface area contributed by atoms with E-state index in [-0.39, 0.29) is 12.5 Å². The van der Waals surface area contributed by atoms with Gasteiger partial charge in [-0.05, 0) is 58.9 Å². The molecule has 2 amide bonds. The van der Waals surface area contributed by atoms with E-state index in [1.165, 1.54) is 10.5 Å². The van der Waals surface area contributed by atoms with Crippen LogP contribution in [0.1, 0.15) is 56.6 Å². The lowest BCUT2D eigenvalue weighted by Gasteiger charge is -2.33. The van der Waals surface area contributed by atoms with Crippen LogP contribution in [0.5, 0.6) is 0 Å². The quantitative estimate of drug-likeness (QED) is 0.853. The fraction of sp³-hybridized carbons (Fsp3) is 0.619. The first kappa shape index (κ1) is 21.1. The Hall–Kier alpha value is -2.64. The number of aromatic amines is 1. The predicted molar refractivity (Wildman–Crippen MR) is 111 cm³/mol. The second kappa shape index (κ2) is 8.00. The number of nitrogens with one attached hydrogen (secondary N) is 1. The molecule has 0 aromatic carbocycles. The van der Waals surface area contributed by atoms with Crippen LogP contribution in [0.25, 0.3) is 11.0 Å². The lowest BCUT2D eigenvalue weighted by atomic mass is 9.89. The Morgan fingerprint density at radius 3 is 2.55 bits per heavy atom. The van der Waals surface area contributed by atoms with E-state index in [2.05, 4.69) is 15.0 Å². The van der Waals surface area contributed by atoms with Crippen molar-refractivity contribution in [1.82, 2.24) is 24.8 Å². The monoisotopic (exact) mass is 401 g/mol. The van der Waals surface area contributed by atoms with Gasteiger partial charge in [-0.3, -0.25) is 9.78 Å². The fourth-order valence-corrected chi connectivity index (χ4v) is 3.71. The third-order valence-electron chi connectivity index (χ3n) is 5.22. The number of aryl methyl sites for hydroxylation is 2. The number of amides is 2. The number of ether oxygens (including phenoxy) is 1. The number of imidazole rings is 1. The topological polar surface area (TPSA) is 91.4 Å². The molecular weight excluding hydrogens is 370 g/mol. The number of carbonyl (C=O) groups excluding carboxylic acids is 2.